The number of rotatable bonds is 8. The zero-order valence-corrected chi connectivity index (χ0v) is 15.9. The Labute approximate surface area is 171 Å². The van der Waals surface area contributed by atoms with E-state index >= 15 is 0 Å². The first-order valence-electron chi connectivity index (χ1n) is 9.17. The van der Waals surface area contributed by atoms with E-state index in [1.807, 2.05) is 0 Å². The van der Waals surface area contributed by atoms with Crippen LogP contribution in [0.1, 0.15) is 16.7 Å². The van der Waals surface area contributed by atoms with Gasteiger partial charge in [-0.15, -0.1) is 0 Å². The molecule has 4 nitrogen and oxygen atoms in total. The zero-order chi connectivity index (χ0) is 21.6. The quantitative estimate of drug-likeness (QED) is 0.508. The minimum Gasteiger partial charge on any atom is -0.493 e. The Kier molecular flexibility index (Phi) is 6.61. The molecule has 3 aromatic carbocycles. The molecule has 3 aromatic rings. The fraction of sp³-hybridized carbons (Fsp3) is 0.174. The molecule has 156 valence electrons. The number of aliphatic carboxylic acids is 1. The average Bonchev–Trinajstić information content (AvgIpc) is 2.68. The first kappa shape index (κ1) is 21.2. The van der Waals surface area contributed by atoms with E-state index in [4.69, 9.17) is 14.6 Å². The van der Waals surface area contributed by atoms with Gasteiger partial charge >= 0.3 is 12.1 Å². The Morgan fingerprint density at radius 2 is 1.47 bits per heavy atom. The van der Waals surface area contributed by atoms with E-state index in [0.717, 1.165) is 17.7 Å². The van der Waals surface area contributed by atoms with Gasteiger partial charge in [-0.2, -0.15) is 13.2 Å². The summed E-state index contributed by atoms with van der Waals surface area (Å²) in [5.74, 6) is 0.668. The van der Waals surface area contributed by atoms with Crippen molar-refractivity contribution in [2.75, 3.05) is 6.61 Å². The molecule has 0 spiro atoms. The molecule has 0 aliphatic heterocycles. The summed E-state index contributed by atoms with van der Waals surface area (Å²) >= 11 is 0. The summed E-state index contributed by atoms with van der Waals surface area (Å²) in [4.78, 5) is 10.8. The predicted molar refractivity (Wildman–Crippen MR) is 105 cm³/mol. The van der Waals surface area contributed by atoms with Crippen LogP contribution in [-0.2, 0) is 23.8 Å². The van der Waals surface area contributed by atoms with Crippen LogP contribution in [0, 0.1) is 0 Å². The molecule has 30 heavy (non-hydrogen) atoms. The maximum atomic E-state index is 12.6. The van der Waals surface area contributed by atoms with Gasteiger partial charge in [0.25, 0.3) is 0 Å². The number of hydrogen-bond acceptors (Lipinski definition) is 3. The first-order chi connectivity index (χ1) is 14.3. The van der Waals surface area contributed by atoms with Crippen molar-refractivity contribution in [1.29, 1.82) is 0 Å². The second-order valence-electron chi connectivity index (χ2n) is 6.59. The smallest absolute Gasteiger partial charge is 0.416 e. The summed E-state index contributed by atoms with van der Waals surface area (Å²) in [6.45, 7) is 0.295. The van der Waals surface area contributed by atoms with Crippen LogP contribution in [0.4, 0.5) is 13.2 Å². The summed E-state index contributed by atoms with van der Waals surface area (Å²) in [7, 11) is 0. The van der Waals surface area contributed by atoms with E-state index < -0.39 is 17.7 Å². The summed E-state index contributed by atoms with van der Waals surface area (Å²) in [6.07, 6.45) is -3.98. The molecule has 0 saturated carbocycles. The van der Waals surface area contributed by atoms with Crippen molar-refractivity contribution in [3.05, 3.63) is 89.5 Å². The number of hydrogen-bond donors (Lipinski definition) is 1. The lowest BCUT2D eigenvalue weighted by Crippen LogP contribution is -2.05. The predicted octanol–water partition coefficient (Wildman–Crippen LogP) is 5.75. The number of alkyl halides is 3. The van der Waals surface area contributed by atoms with Gasteiger partial charge in [-0.3, -0.25) is 4.79 Å². The highest BCUT2D eigenvalue weighted by Crippen LogP contribution is 2.29. The summed E-state index contributed by atoms with van der Waals surface area (Å²) in [6, 6.07) is 18.7. The lowest BCUT2D eigenvalue weighted by molar-refractivity contribution is -0.138. The molecular formula is C23H19F3O4. The van der Waals surface area contributed by atoms with Gasteiger partial charge in [0.2, 0.25) is 0 Å². The van der Waals surface area contributed by atoms with E-state index in [9.17, 15) is 18.0 Å². The summed E-state index contributed by atoms with van der Waals surface area (Å²) in [5.41, 5.74) is 0.694. The van der Waals surface area contributed by atoms with Crippen molar-refractivity contribution in [1.82, 2.24) is 0 Å². The molecule has 0 radical (unpaired) electrons. The summed E-state index contributed by atoms with van der Waals surface area (Å²) in [5, 5.41) is 8.89. The van der Waals surface area contributed by atoms with Crippen molar-refractivity contribution in [2.24, 2.45) is 0 Å². The van der Waals surface area contributed by atoms with Gasteiger partial charge in [-0.1, -0.05) is 30.3 Å². The highest BCUT2D eigenvalue weighted by atomic mass is 19.4. The van der Waals surface area contributed by atoms with Crippen LogP contribution >= 0.6 is 0 Å². The zero-order valence-electron chi connectivity index (χ0n) is 15.9. The lowest BCUT2D eigenvalue weighted by atomic mass is 10.1. The van der Waals surface area contributed by atoms with E-state index in [-0.39, 0.29) is 6.42 Å². The largest absolute Gasteiger partial charge is 0.493 e. The van der Waals surface area contributed by atoms with Crippen LogP contribution in [0.5, 0.6) is 17.2 Å². The Bertz CT molecular complexity index is 998. The second kappa shape index (κ2) is 9.35. The van der Waals surface area contributed by atoms with Gasteiger partial charge in [0.1, 0.15) is 17.2 Å². The topological polar surface area (TPSA) is 55.8 Å². The molecule has 0 atom stereocenters. The van der Waals surface area contributed by atoms with Gasteiger partial charge < -0.3 is 14.6 Å². The molecule has 0 amide bonds. The van der Waals surface area contributed by atoms with E-state index in [1.165, 1.54) is 12.1 Å². The Morgan fingerprint density at radius 1 is 0.833 bits per heavy atom. The number of ether oxygens (including phenoxy) is 2. The van der Waals surface area contributed by atoms with Gasteiger partial charge in [0.05, 0.1) is 18.6 Å². The van der Waals surface area contributed by atoms with Crippen LogP contribution in [0.2, 0.25) is 0 Å². The van der Waals surface area contributed by atoms with Crippen LogP contribution in [0.15, 0.2) is 72.8 Å². The van der Waals surface area contributed by atoms with Crippen molar-refractivity contribution >= 4 is 5.97 Å². The molecule has 0 bridgehead atoms. The number of halogens is 3. The monoisotopic (exact) mass is 416 g/mol. The maximum Gasteiger partial charge on any atom is 0.416 e. The Hall–Kier alpha value is -3.48. The molecule has 0 aliphatic carbocycles. The van der Waals surface area contributed by atoms with Crippen LogP contribution in [0.25, 0.3) is 0 Å². The summed E-state index contributed by atoms with van der Waals surface area (Å²) < 4.78 is 49.3. The second-order valence-corrected chi connectivity index (χ2v) is 6.59. The van der Waals surface area contributed by atoms with Gasteiger partial charge in [-0.25, -0.2) is 0 Å². The fourth-order valence-electron chi connectivity index (χ4n) is 2.80. The van der Waals surface area contributed by atoms with Crippen molar-refractivity contribution < 1.29 is 32.5 Å². The third-order valence-corrected chi connectivity index (χ3v) is 4.24. The molecule has 7 heteroatoms. The van der Waals surface area contributed by atoms with Gasteiger partial charge in [0, 0.05) is 12.5 Å². The van der Waals surface area contributed by atoms with Crippen molar-refractivity contribution in [2.45, 2.75) is 19.0 Å². The molecule has 1 N–H and O–H groups in total. The SMILES string of the molecule is O=C(O)Cc1cccc(Oc2cccc(OCCc3ccc(C(F)(F)F)cc3)c2)c1. The number of carbonyl (C=O) groups is 1. The third kappa shape index (κ3) is 6.27. The lowest BCUT2D eigenvalue weighted by Gasteiger charge is -2.11. The van der Waals surface area contributed by atoms with Crippen molar-refractivity contribution in [3.63, 3.8) is 0 Å². The van der Waals surface area contributed by atoms with Crippen LogP contribution in [0.3, 0.4) is 0 Å². The molecule has 0 unspecified atom stereocenters. The van der Waals surface area contributed by atoms with E-state index in [1.54, 1.807) is 48.5 Å². The Balaban J connectivity index is 1.56. The first-order valence-corrected chi connectivity index (χ1v) is 9.17. The average molecular weight is 416 g/mol. The van der Waals surface area contributed by atoms with Gasteiger partial charge in [0.15, 0.2) is 0 Å². The minimum atomic E-state index is -4.34. The highest BCUT2D eigenvalue weighted by molar-refractivity contribution is 5.70. The molecule has 0 saturated heterocycles. The number of benzene rings is 3. The minimum absolute atomic E-state index is 0.0930. The van der Waals surface area contributed by atoms with Crippen LogP contribution in [-0.4, -0.2) is 17.7 Å². The number of carboxylic acids is 1. The molecule has 0 aliphatic rings. The van der Waals surface area contributed by atoms with Crippen LogP contribution < -0.4 is 9.47 Å². The Morgan fingerprint density at radius 3 is 2.13 bits per heavy atom. The standard InChI is InChI=1S/C23H19F3O4/c24-23(25,26)18-9-7-16(8-10-18)11-12-29-19-4-2-6-21(15-19)30-20-5-1-3-17(13-20)14-22(27)28/h1-10,13,15H,11-12,14H2,(H,27,28). The molecule has 3 rings (SSSR count). The van der Waals surface area contributed by atoms with E-state index in [0.29, 0.717) is 35.8 Å². The molecule has 0 fully saturated rings. The molecule has 0 aromatic heterocycles. The molecule has 0 heterocycles. The fourth-order valence-corrected chi connectivity index (χ4v) is 2.80. The normalized spacial score (nSPS) is 11.2. The molecular weight excluding hydrogens is 397 g/mol. The van der Waals surface area contributed by atoms with Crippen molar-refractivity contribution in [3.8, 4) is 17.2 Å². The van der Waals surface area contributed by atoms with E-state index in [2.05, 4.69) is 0 Å². The maximum absolute atomic E-state index is 12.6. The van der Waals surface area contributed by atoms with Gasteiger partial charge in [-0.05, 0) is 47.5 Å². The highest BCUT2D eigenvalue weighted by Gasteiger charge is 2.29. The number of carboxylic acid groups (broad SMARTS) is 1. The third-order valence-electron chi connectivity index (χ3n) is 4.24.